The molecule has 0 aliphatic rings. The number of aromatic hydroxyl groups is 1. The Morgan fingerprint density at radius 2 is 1.80 bits per heavy atom. The molecule has 3 rings (SSSR count). The standard InChI is InChI=1S/C19H21N3O3/c1-11-8-14(19(3,4)5)18(24)17(9-11)22-20-15-7-6-13(25-12(2)23)10-16(15)21-22/h6-10,24H,1-5H3. The summed E-state index contributed by atoms with van der Waals surface area (Å²) in [5, 5.41) is 19.6. The van der Waals surface area contributed by atoms with Gasteiger partial charge in [0, 0.05) is 18.6 Å². The number of phenolic OH excluding ortho intramolecular Hbond substituents is 1. The molecule has 0 unspecified atom stereocenters. The highest BCUT2D eigenvalue weighted by molar-refractivity contribution is 5.78. The van der Waals surface area contributed by atoms with Crippen molar-refractivity contribution in [2.24, 2.45) is 0 Å². The molecule has 2 aromatic carbocycles. The lowest BCUT2D eigenvalue weighted by molar-refractivity contribution is -0.131. The molecule has 0 saturated heterocycles. The first-order valence-electron chi connectivity index (χ1n) is 8.05. The molecular formula is C19H21N3O3. The van der Waals surface area contributed by atoms with Crippen LogP contribution in [0.25, 0.3) is 16.7 Å². The number of hydrogen-bond donors (Lipinski definition) is 1. The first-order chi connectivity index (χ1) is 11.6. The topological polar surface area (TPSA) is 77.2 Å². The Kier molecular flexibility index (Phi) is 3.99. The summed E-state index contributed by atoms with van der Waals surface area (Å²) in [6.07, 6.45) is 0. The van der Waals surface area contributed by atoms with Gasteiger partial charge in [0.15, 0.2) is 0 Å². The lowest BCUT2D eigenvalue weighted by Gasteiger charge is -2.22. The summed E-state index contributed by atoms with van der Waals surface area (Å²) >= 11 is 0. The summed E-state index contributed by atoms with van der Waals surface area (Å²) in [6.45, 7) is 9.46. The molecule has 0 bridgehead atoms. The number of hydrogen-bond acceptors (Lipinski definition) is 5. The summed E-state index contributed by atoms with van der Waals surface area (Å²) < 4.78 is 5.08. The third-order valence-electron chi connectivity index (χ3n) is 3.87. The van der Waals surface area contributed by atoms with Crippen LogP contribution in [-0.4, -0.2) is 26.1 Å². The Morgan fingerprint density at radius 1 is 1.12 bits per heavy atom. The molecule has 1 aromatic heterocycles. The van der Waals surface area contributed by atoms with E-state index in [1.807, 2.05) is 39.8 Å². The van der Waals surface area contributed by atoms with Crippen LogP contribution in [0.1, 0.15) is 38.8 Å². The van der Waals surface area contributed by atoms with E-state index in [1.54, 1.807) is 18.2 Å². The number of aryl methyl sites for hydroxylation is 1. The van der Waals surface area contributed by atoms with Crippen molar-refractivity contribution in [3.05, 3.63) is 41.5 Å². The third kappa shape index (κ3) is 3.33. The number of fused-ring (bicyclic) bond motifs is 1. The van der Waals surface area contributed by atoms with E-state index < -0.39 is 5.97 Å². The minimum atomic E-state index is -0.391. The fourth-order valence-electron chi connectivity index (χ4n) is 2.72. The highest BCUT2D eigenvalue weighted by Crippen LogP contribution is 2.36. The van der Waals surface area contributed by atoms with Crippen molar-refractivity contribution >= 4 is 17.0 Å². The first kappa shape index (κ1) is 17.0. The van der Waals surface area contributed by atoms with Crippen molar-refractivity contribution in [3.63, 3.8) is 0 Å². The van der Waals surface area contributed by atoms with Gasteiger partial charge in [-0.15, -0.1) is 15.0 Å². The largest absolute Gasteiger partial charge is 0.505 e. The highest BCUT2D eigenvalue weighted by Gasteiger charge is 2.22. The first-order valence-corrected chi connectivity index (χ1v) is 8.05. The fourth-order valence-corrected chi connectivity index (χ4v) is 2.72. The van der Waals surface area contributed by atoms with E-state index in [4.69, 9.17) is 4.74 Å². The van der Waals surface area contributed by atoms with Crippen molar-refractivity contribution in [2.45, 2.75) is 40.0 Å². The monoisotopic (exact) mass is 339 g/mol. The zero-order valence-corrected chi connectivity index (χ0v) is 15.0. The van der Waals surface area contributed by atoms with Crippen molar-refractivity contribution < 1.29 is 14.6 Å². The van der Waals surface area contributed by atoms with Gasteiger partial charge in [-0.1, -0.05) is 26.8 Å². The van der Waals surface area contributed by atoms with Crippen molar-refractivity contribution in [1.82, 2.24) is 15.0 Å². The van der Waals surface area contributed by atoms with Crippen LogP contribution < -0.4 is 4.74 Å². The van der Waals surface area contributed by atoms with Crippen molar-refractivity contribution in [1.29, 1.82) is 0 Å². The number of carbonyl (C=O) groups is 1. The number of aromatic nitrogens is 3. The molecule has 0 radical (unpaired) electrons. The van der Waals surface area contributed by atoms with Gasteiger partial charge in [-0.2, -0.15) is 0 Å². The van der Waals surface area contributed by atoms with Crippen molar-refractivity contribution in [3.8, 4) is 17.2 Å². The van der Waals surface area contributed by atoms with Gasteiger partial charge >= 0.3 is 5.97 Å². The quantitative estimate of drug-likeness (QED) is 0.569. The molecular weight excluding hydrogens is 318 g/mol. The van der Waals surface area contributed by atoms with Gasteiger partial charge in [0.05, 0.1) is 0 Å². The molecule has 0 fully saturated rings. The zero-order chi connectivity index (χ0) is 18.4. The smallest absolute Gasteiger partial charge is 0.308 e. The third-order valence-corrected chi connectivity index (χ3v) is 3.87. The van der Waals surface area contributed by atoms with Gasteiger partial charge in [0.2, 0.25) is 0 Å². The van der Waals surface area contributed by atoms with E-state index in [0.717, 1.165) is 11.1 Å². The molecule has 25 heavy (non-hydrogen) atoms. The molecule has 1 heterocycles. The zero-order valence-electron chi connectivity index (χ0n) is 15.0. The fraction of sp³-hybridized carbons (Fsp3) is 0.316. The number of esters is 1. The lowest BCUT2D eigenvalue weighted by Crippen LogP contribution is -2.13. The Morgan fingerprint density at radius 3 is 2.44 bits per heavy atom. The van der Waals surface area contributed by atoms with Crippen LogP contribution in [0.4, 0.5) is 0 Å². The molecule has 1 N–H and O–H groups in total. The van der Waals surface area contributed by atoms with Crippen LogP contribution in [0.3, 0.4) is 0 Å². The lowest BCUT2D eigenvalue weighted by atomic mass is 9.85. The van der Waals surface area contributed by atoms with E-state index in [-0.39, 0.29) is 11.2 Å². The number of phenols is 1. The second kappa shape index (κ2) is 5.88. The number of carbonyl (C=O) groups excluding carboxylic acids is 1. The van der Waals surface area contributed by atoms with Crippen LogP contribution in [0, 0.1) is 6.92 Å². The average Bonchev–Trinajstić information content (AvgIpc) is 2.90. The van der Waals surface area contributed by atoms with Crippen molar-refractivity contribution in [2.75, 3.05) is 0 Å². The summed E-state index contributed by atoms with van der Waals surface area (Å²) in [6, 6.07) is 8.86. The maximum atomic E-state index is 11.1. The molecule has 0 saturated carbocycles. The van der Waals surface area contributed by atoms with E-state index in [0.29, 0.717) is 22.5 Å². The molecule has 0 amide bonds. The summed E-state index contributed by atoms with van der Waals surface area (Å²) in [7, 11) is 0. The van der Waals surface area contributed by atoms with Gasteiger partial charge < -0.3 is 9.84 Å². The Labute approximate surface area is 146 Å². The second-order valence-corrected chi connectivity index (χ2v) is 7.16. The molecule has 0 spiro atoms. The van der Waals surface area contributed by atoms with Crippen LogP contribution in [0.5, 0.6) is 11.5 Å². The maximum Gasteiger partial charge on any atom is 0.308 e. The Bertz CT molecular complexity index is 968. The van der Waals surface area contributed by atoms with Gasteiger partial charge in [0.25, 0.3) is 0 Å². The van der Waals surface area contributed by atoms with Gasteiger partial charge in [-0.25, -0.2) is 0 Å². The van der Waals surface area contributed by atoms with E-state index in [9.17, 15) is 9.90 Å². The predicted molar refractivity (Wildman–Crippen MR) is 95.3 cm³/mol. The molecule has 0 aliphatic carbocycles. The number of ether oxygens (including phenoxy) is 1. The van der Waals surface area contributed by atoms with Crippen LogP contribution in [-0.2, 0) is 10.2 Å². The second-order valence-electron chi connectivity index (χ2n) is 7.16. The summed E-state index contributed by atoms with van der Waals surface area (Å²) in [5.41, 5.74) is 3.39. The summed E-state index contributed by atoms with van der Waals surface area (Å²) in [4.78, 5) is 12.5. The summed E-state index contributed by atoms with van der Waals surface area (Å²) in [5.74, 6) is 0.187. The molecule has 0 aliphatic heterocycles. The van der Waals surface area contributed by atoms with Crippen LogP contribution in [0.2, 0.25) is 0 Å². The molecule has 130 valence electrons. The molecule has 6 heteroatoms. The highest BCUT2D eigenvalue weighted by atomic mass is 16.5. The average molecular weight is 339 g/mol. The Balaban J connectivity index is 2.13. The molecule has 3 aromatic rings. The number of rotatable bonds is 2. The van der Waals surface area contributed by atoms with Gasteiger partial charge in [-0.05, 0) is 36.1 Å². The minimum absolute atomic E-state index is 0.165. The van der Waals surface area contributed by atoms with Gasteiger partial charge in [0.1, 0.15) is 28.2 Å². The Hall–Kier alpha value is -2.89. The minimum Gasteiger partial charge on any atom is -0.505 e. The van der Waals surface area contributed by atoms with E-state index in [2.05, 4.69) is 10.2 Å². The number of nitrogens with zero attached hydrogens (tertiary/aromatic N) is 3. The molecule has 0 atom stereocenters. The number of benzene rings is 2. The predicted octanol–water partition coefficient (Wildman–Crippen LogP) is 3.66. The van der Waals surface area contributed by atoms with Crippen LogP contribution in [0.15, 0.2) is 30.3 Å². The normalized spacial score (nSPS) is 11.7. The maximum absolute atomic E-state index is 11.1. The SMILES string of the molecule is CC(=O)Oc1ccc2nn(-c3cc(C)cc(C(C)(C)C)c3O)nc2c1. The van der Waals surface area contributed by atoms with Crippen LogP contribution >= 0.6 is 0 Å². The van der Waals surface area contributed by atoms with E-state index >= 15 is 0 Å². The molecule has 6 nitrogen and oxygen atoms in total. The van der Waals surface area contributed by atoms with E-state index in [1.165, 1.54) is 11.7 Å². The van der Waals surface area contributed by atoms with Gasteiger partial charge in [-0.3, -0.25) is 4.79 Å².